The van der Waals surface area contributed by atoms with E-state index in [1.165, 1.54) is 24.5 Å². The molecule has 2 aromatic rings. The smallest absolute Gasteiger partial charge is 0.268 e. The number of sulfonamides is 1. The Labute approximate surface area is 181 Å². The van der Waals surface area contributed by atoms with Gasteiger partial charge in [-0.15, -0.1) is 0 Å². The van der Waals surface area contributed by atoms with Crippen molar-refractivity contribution >= 4 is 27.5 Å². The quantitative estimate of drug-likeness (QED) is 0.255. The molecule has 166 valence electrons. The zero-order valence-electron chi connectivity index (χ0n) is 16.2. The van der Waals surface area contributed by atoms with E-state index in [0.717, 1.165) is 6.26 Å². The molecular weight excluding hydrogens is 422 g/mol. The summed E-state index contributed by atoms with van der Waals surface area (Å²) in [6.07, 6.45) is -0.137. The Bertz CT molecular complexity index is 1070. The lowest BCUT2D eigenvalue weighted by Gasteiger charge is -2.19. The van der Waals surface area contributed by atoms with Crippen molar-refractivity contribution in [3.63, 3.8) is 0 Å². The highest BCUT2D eigenvalue weighted by atomic mass is 32.2. The summed E-state index contributed by atoms with van der Waals surface area (Å²) < 4.78 is 24.8. The average molecular weight is 448 g/mol. The summed E-state index contributed by atoms with van der Waals surface area (Å²) >= 11 is 0. The summed E-state index contributed by atoms with van der Waals surface area (Å²) in [4.78, 5) is 23.7. The summed E-state index contributed by atoms with van der Waals surface area (Å²) in [5.74, 6) is 4.32. The number of nitrogens with one attached hydrogen (secondary N) is 3. The van der Waals surface area contributed by atoms with Gasteiger partial charge in [0.1, 0.15) is 6.04 Å². The molecule has 0 aliphatic heterocycles. The Balaban J connectivity index is 0.00000480. The first kappa shape index (κ1) is 25.6. The van der Waals surface area contributed by atoms with Gasteiger partial charge in [-0.25, -0.2) is 13.9 Å². The minimum absolute atomic E-state index is 0. The molecule has 2 aromatic carbocycles. The lowest BCUT2D eigenvalue weighted by Crippen LogP contribution is -2.51. The van der Waals surface area contributed by atoms with Gasteiger partial charge in [-0.3, -0.25) is 19.5 Å². The predicted molar refractivity (Wildman–Crippen MR) is 117 cm³/mol. The van der Waals surface area contributed by atoms with Gasteiger partial charge < -0.3 is 10.4 Å². The van der Waals surface area contributed by atoms with Crippen LogP contribution in [0.25, 0.3) is 0 Å². The SMILES string of the molecule is C.C[C@@H](O)[C@H](NC(=O)c1ccc(C#Cc2ccc(NS(C)(=O)=O)cc2)cc1)C(=O)NO. The highest BCUT2D eigenvalue weighted by molar-refractivity contribution is 7.92. The van der Waals surface area contributed by atoms with Crippen LogP contribution in [-0.2, 0) is 14.8 Å². The summed E-state index contributed by atoms with van der Waals surface area (Å²) in [6, 6.07) is 11.5. The fraction of sp³-hybridized carbons (Fsp3) is 0.238. The van der Waals surface area contributed by atoms with Gasteiger partial charge in [-0.1, -0.05) is 19.3 Å². The number of aliphatic hydroxyl groups excluding tert-OH is 1. The number of hydrogen-bond donors (Lipinski definition) is 5. The summed E-state index contributed by atoms with van der Waals surface area (Å²) in [6.45, 7) is 1.31. The average Bonchev–Trinajstić information content (AvgIpc) is 2.69. The van der Waals surface area contributed by atoms with Crippen molar-refractivity contribution < 1.29 is 28.3 Å². The molecule has 2 amide bonds. The lowest BCUT2D eigenvalue weighted by atomic mass is 10.1. The first-order chi connectivity index (χ1) is 14.1. The first-order valence-electron chi connectivity index (χ1n) is 8.72. The zero-order valence-corrected chi connectivity index (χ0v) is 17.0. The van der Waals surface area contributed by atoms with Crippen LogP contribution in [0.1, 0.15) is 35.8 Å². The molecule has 5 N–H and O–H groups in total. The minimum atomic E-state index is -3.34. The van der Waals surface area contributed by atoms with Gasteiger partial charge in [0.15, 0.2) is 0 Å². The molecule has 0 aliphatic carbocycles. The second kappa shape index (κ2) is 11.1. The maximum atomic E-state index is 12.2. The number of anilines is 1. The van der Waals surface area contributed by atoms with Gasteiger partial charge in [-0.2, -0.15) is 0 Å². The number of carbonyl (C=O) groups excluding carboxylic acids is 2. The zero-order chi connectivity index (χ0) is 22.3. The largest absolute Gasteiger partial charge is 0.391 e. The topological polar surface area (TPSA) is 145 Å². The van der Waals surface area contributed by atoms with E-state index in [9.17, 15) is 23.1 Å². The van der Waals surface area contributed by atoms with E-state index in [1.807, 2.05) is 0 Å². The Kier molecular flexibility index (Phi) is 9.20. The molecule has 2 rings (SSSR count). The monoisotopic (exact) mass is 447 g/mol. The molecule has 0 saturated heterocycles. The standard InChI is InChI=1S/C20H21N3O6S.CH4/c1-13(24)18(20(26)22-27)21-19(25)16-9-5-14(6-10-16)3-4-15-7-11-17(12-8-15)23-30(2,28)29;/h5-13,18,23-24,27H,1-2H3,(H,21,25)(H,22,26);1H4/t13-,18+;/m1./s1. The first-order valence-corrected chi connectivity index (χ1v) is 10.6. The van der Waals surface area contributed by atoms with E-state index in [1.54, 1.807) is 36.4 Å². The molecule has 9 nitrogen and oxygen atoms in total. The van der Waals surface area contributed by atoms with Crippen molar-refractivity contribution in [2.75, 3.05) is 11.0 Å². The van der Waals surface area contributed by atoms with Crippen LogP contribution in [-0.4, -0.2) is 48.9 Å². The molecule has 31 heavy (non-hydrogen) atoms. The van der Waals surface area contributed by atoms with Crippen LogP contribution in [0.3, 0.4) is 0 Å². The molecule has 2 atom stereocenters. The summed E-state index contributed by atoms with van der Waals surface area (Å²) in [7, 11) is -3.34. The number of aliphatic hydroxyl groups is 1. The third kappa shape index (κ3) is 8.10. The molecular formula is C21H25N3O6S. The van der Waals surface area contributed by atoms with Crippen LogP contribution in [0.2, 0.25) is 0 Å². The van der Waals surface area contributed by atoms with E-state index in [4.69, 9.17) is 5.21 Å². The van der Waals surface area contributed by atoms with Crippen LogP contribution in [0.5, 0.6) is 0 Å². The summed E-state index contributed by atoms with van der Waals surface area (Å²) in [5.41, 5.74) is 3.37. The third-order valence-electron chi connectivity index (χ3n) is 3.85. The van der Waals surface area contributed by atoms with Crippen molar-refractivity contribution in [2.45, 2.75) is 26.5 Å². The Morgan fingerprint density at radius 3 is 1.87 bits per heavy atom. The molecule has 0 aliphatic rings. The minimum Gasteiger partial charge on any atom is -0.391 e. The van der Waals surface area contributed by atoms with Gasteiger partial charge in [0.25, 0.3) is 11.8 Å². The summed E-state index contributed by atoms with van der Waals surface area (Å²) in [5, 5.41) is 20.6. The van der Waals surface area contributed by atoms with Crippen LogP contribution < -0.4 is 15.5 Å². The number of amides is 2. The van der Waals surface area contributed by atoms with Crippen LogP contribution >= 0.6 is 0 Å². The highest BCUT2D eigenvalue weighted by Crippen LogP contribution is 2.11. The normalized spacial score (nSPS) is 12.3. The van der Waals surface area contributed by atoms with Crippen LogP contribution in [0, 0.1) is 11.8 Å². The van der Waals surface area contributed by atoms with Gasteiger partial charge >= 0.3 is 0 Å². The lowest BCUT2D eigenvalue weighted by molar-refractivity contribution is -0.133. The molecule has 0 bridgehead atoms. The maximum Gasteiger partial charge on any atom is 0.268 e. The molecule has 0 saturated carbocycles. The Morgan fingerprint density at radius 2 is 1.45 bits per heavy atom. The number of hydrogen-bond acceptors (Lipinski definition) is 6. The van der Waals surface area contributed by atoms with Gasteiger partial charge in [0.2, 0.25) is 10.0 Å². The molecule has 0 heterocycles. The number of rotatable bonds is 6. The van der Waals surface area contributed by atoms with Crippen molar-refractivity contribution in [3.8, 4) is 11.8 Å². The van der Waals surface area contributed by atoms with Gasteiger partial charge in [0.05, 0.1) is 12.4 Å². The molecule has 0 fully saturated rings. The number of benzene rings is 2. The Hall–Kier alpha value is -3.39. The second-order valence-electron chi connectivity index (χ2n) is 6.45. The number of hydroxylamine groups is 1. The van der Waals surface area contributed by atoms with E-state index < -0.39 is 34.0 Å². The van der Waals surface area contributed by atoms with E-state index in [-0.39, 0.29) is 13.0 Å². The Morgan fingerprint density at radius 1 is 0.968 bits per heavy atom. The van der Waals surface area contributed by atoms with Crippen LogP contribution in [0.4, 0.5) is 5.69 Å². The van der Waals surface area contributed by atoms with E-state index >= 15 is 0 Å². The van der Waals surface area contributed by atoms with Crippen molar-refractivity contribution in [1.29, 1.82) is 0 Å². The fourth-order valence-electron chi connectivity index (χ4n) is 2.38. The molecule has 0 aromatic heterocycles. The molecule has 0 spiro atoms. The van der Waals surface area contributed by atoms with Gasteiger partial charge in [0, 0.05) is 22.4 Å². The van der Waals surface area contributed by atoms with Crippen molar-refractivity contribution in [1.82, 2.24) is 10.8 Å². The molecule has 0 unspecified atom stereocenters. The second-order valence-corrected chi connectivity index (χ2v) is 8.20. The van der Waals surface area contributed by atoms with Crippen molar-refractivity contribution in [2.24, 2.45) is 0 Å². The number of carbonyl (C=O) groups is 2. The van der Waals surface area contributed by atoms with Crippen LogP contribution in [0.15, 0.2) is 48.5 Å². The van der Waals surface area contributed by atoms with E-state index in [2.05, 4.69) is 21.9 Å². The molecule has 0 radical (unpaired) electrons. The van der Waals surface area contributed by atoms with Gasteiger partial charge in [-0.05, 0) is 55.5 Å². The third-order valence-corrected chi connectivity index (χ3v) is 4.45. The molecule has 10 heteroatoms. The van der Waals surface area contributed by atoms with Crippen molar-refractivity contribution in [3.05, 3.63) is 65.2 Å². The van der Waals surface area contributed by atoms with E-state index in [0.29, 0.717) is 16.8 Å². The maximum absolute atomic E-state index is 12.2. The predicted octanol–water partition coefficient (Wildman–Crippen LogP) is 1.08. The highest BCUT2D eigenvalue weighted by Gasteiger charge is 2.25. The fourth-order valence-corrected chi connectivity index (χ4v) is 2.95.